The minimum absolute atomic E-state index is 0.118. The smallest absolute Gasteiger partial charge is 0.307 e. The summed E-state index contributed by atoms with van der Waals surface area (Å²) >= 11 is -2.51. The van der Waals surface area contributed by atoms with Crippen molar-refractivity contribution in [3.8, 4) is 11.5 Å². The van der Waals surface area contributed by atoms with E-state index in [1.54, 1.807) is 54.6 Å². The zero-order valence-electron chi connectivity index (χ0n) is 18.1. The van der Waals surface area contributed by atoms with Crippen molar-refractivity contribution >= 4 is 39.4 Å². The van der Waals surface area contributed by atoms with Gasteiger partial charge >= 0.3 is 5.97 Å². The van der Waals surface area contributed by atoms with Crippen molar-refractivity contribution in [2.45, 2.75) is 6.42 Å². The van der Waals surface area contributed by atoms with E-state index in [0.717, 1.165) is 10.8 Å². The number of rotatable bonds is 10. The number of hydrogen-bond donors (Lipinski definition) is 1. The lowest BCUT2D eigenvalue weighted by molar-refractivity contribution is -0.136. The molecule has 0 aliphatic carbocycles. The third-order valence-electron chi connectivity index (χ3n) is 5.11. The Balaban J connectivity index is 1.39. The maximum atomic E-state index is 12.0. The third-order valence-corrected chi connectivity index (χ3v) is 5.83. The van der Waals surface area contributed by atoms with Crippen LogP contribution < -0.4 is 13.8 Å². The first-order valence-corrected chi connectivity index (χ1v) is 11.6. The number of anilines is 2. The third kappa shape index (κ3) is 5.72. The van der Waals surface area contributed by atoms with Crippen molar-refractivity contribution < 1.29 is 28.1 Å². The number of carboxylic acid groups (broad SMARTS) is 1. The summed E-state index contributed by atoms with van der Waals surface area (Å²) in [6, 6.07) is 26.9. The fraction of sp³-hybridized carbons (Fsp3) is 0.115. The van der Waals surface area contributed by atoms with Crippen molar-refractivity contribution in [1.29, 1.82) is 0 Å². The number of carbonyl (C=O) groups is 1. The Kier molecular flexibility index (Phi) is 7.41. The summed E-state index contributed by atoms with van der Waals surface area (Å²) in [4.78, 5) is 11.0. The van der Waals surface area contributed by atoms with E-state index in [0.29, 0.717) is 28.4 Å². The normalized spacial score (nSPS) is 11.7. The van der Waals surface area contributed by atoms with Crippen LogP contribution in [-0.2, 0) is 22.5 Å². The standard InChI is InChI=1S/C26H23NO6S/c28-26(29)18-21-7-3-4-8-25(21)33-16-15-32-24-13-11-22(12-14-24)27(34(30)31)23-10-9-19-5-1-2-6-20(19)17-23/h1-14,17H,15-16,18H2,(H,28,29)(H,30,31)/p-1. The lowest BCUT2D eigenvalue weighted by atomic mass is 10.1. The van der Waals surface area contributed by atoms with Crippen LogP contribution in [0.1, 0.15) is 5.56 Å². The van der Waals surface area contributed by atoms with Crippen LogP contribution in [0.3, 0.4) is 0 Å². The molecular weight excluding hydrogens is 454 g/mol. The molecule has 1 unspecified atom stereocenters. The molecule has 0 aliphatic rings. The first-order chi connectivity index (χ1) is 16.5. The largest absolute Gasteiger partial charge is 0.755 e. The molecule has 0 spiro atoms. The minimum atomic E-state index is -2.51. The van der Waals surface area contributed by atoms with E-state index >= 15 is 0 Å². The van der Waals surface area contributed by atoms with E-state index in [9.17, 15) is 13.6 Å². The number of carboxylic acids is 1. The molecule has 0 heterocycles. The van der Waals surface area contributed by atoms with Gasteiger partial charge in [-0.3, -0.25) is 13.3 Å². The van der Waals surface area contributed by atoms with Crippen LogP contribution in [0.4, 0.5) is 11.4 Å². The highest BCUT2D eigenvalue weighted by Crippen LogP contribution is 2.31. The molecule has 34 heavy (non-hydrogen) atoms. The Morgan fingerprint density at radius 2 is 1.47 bits per heavy atom. The van der Waals surface area contributed by atoms with Gasteiger partial charge in [0.25, 0.3) is 0 Å². The van der Waals surface area contributed by atoms with Gasteiger partial charge in [0.15, 0.2) is 0 Å². The van der Waals surface area contributed by atoms with Gasteiger partial charge in [-0.25, -0.2) is 0 Å². The van der Waals surface area contributed by atoms with Crippen LogP contribution in [0.15, 0.2) is 91.0 Å². The van der Waals surface area contributed by atoms with Crippen LogP contribution >= 0.6 is 0 Å². The summed E-state index contributed by atoms with van der Waals surface area (Å²) in [6.45, 7) is 0.467. The molecule has 4 aromatic carbocycles. The summed E-state index contributed by atoms with van der Waals surface area (Å²) in [5.74, 6) is 0.137. The van der Waals surface area contributed by atoms with Gasteiger partial charge in [0, 0.05) is 5.56 Å². The highest BCUT2D eigenvalue weighted by molar-refractivity contribution is 7.81. The molecule has 1 N–H and O–H groups in total. The molecule has 0 bridgehead atoms. The molecule has 0 saturated carbocycles. The molecule has 4 aromatic rings. The Hall–Kier alpha value is -3.88. The lowest BCUT2D eigenvalue weighted by Gasteiger charge is -2.27. The van der Waals surface area contributed by atoms with Gasteiger partial charge in [0.2, 0.25) is 0 Å². The van der Waals surface area contributed by atoms with E-state index in [1.807, 2.05) is 36.4 Å². The second-order valence-electron chi connectivity index (χ2n) is 7.41. The molecule has 0 saturated heterocycles. The molecule has 7 nitrogen and oxygen atoms in total. The lowest BCUT2D eigenvalue weighted by Crippen LogP contribution is -2.19. The predicted octanol–water partition coefficient (Wildman–Crippen LogP) is 4.86. The summed E-state index contributed by atoms with van der Waals surface area (Å²) in [7, 11) is 0. The van der Waals surface area contributed by atoms with E-state index in [-0.39, 0.29) is 19.6 Å². The summed E-state index contributed by atoms with van der Waals surface area (Å²) in [5, 5.41) is 11.0. The van der Waals surface area contributed by atoms with Crippen LogP contribution in [0.2, 0.25) is 0 Å². The van der Waals surface area contributed by atoms with E-state index in [1.165, 1.54) is 4.31 Å². The summed E-state index contributed by atoms with van der Waals surface area (Å²) in [6.07, 6.45) is -0.118. The zero-order chi connectivity index (χ0) is 23.9. The van der Waals surface area contributed by atoms with E-state index in [2.05, 4.69) is 0 Å². The number of nitrogens with zero attached hydrogens (tertiary/aromatic N) is 1. The van der Waals surface area contributed by atoms with Gasteiger partial charge in [-0.2, -0.15) is 0 Å². The van der Waals surface area contributed by atoms with Crippen LogP contribution in [0, 0.1) is 0 Å². The quantitative estimate of drug-likeness (QED) is 0.259. The Bertz CT molecular complexity index is 1310. The summed E-state index contributed by atoms with van der Waals surface area (Å²) in [5.41, 5.74) is 1.61. The molecule has 0 aromatic heterocycles. The highest BCUT2D eigenvalue weighted by Gasteiger charge is 2.12. The van der Waals surface area contributed by atoms with Gasteiger partial charge in [-0.15, -0.1) is 0 Å². The van der Waals surface area contributed by atoms with Crippen LogP contribution in [-0.4, -0.2) is 33.1 Å². The second kappa shape index (κ2) is 10.8. The fourth-order valence-corrected chi connectivity index (χ4v) is 4.15. The Morgan fingerprint density at radius 1 is 0.824 bits per heavy atom. The van der Waals surface area contributed by atoms with Gasteiger partial charge in [-0.1, -0.05) is 48.5 Å². The van der Waals surface area contributed by atoms with Gasteiger partial charge < -0.3 is 19.1 Å². The fourth-order valence-electron chi connectivity index (χ4n) is 3.57. The Labute approximate surface area is 199 Å². The molecule has 174 valence electrons. The maximum absolute atomic E-state index is 12.0. The molecular formula is C26H22NO6S-. The number of aliphatic carboxylic acids is 1. The van der Waals surface area contributed by atoms with Crippen LogP contribution in [0.5, 0.6) is 11.5 Å². The minimum Gasteiger partial charge on any atom is -0.755 e. The molecule has 1 atom stereocenters. The van der Waals surface area contributed by atoms with Crippen molar-refractivity contribution in [3.63, 3.8) is 0 Å². The van der Waals surface area contributed by atoms with E-state index in [4.69, 9.17) is 14.6 Å². The van der Waals surface area contributed by atoms with Crippen molar-refractivity contribution in [1.82, 2.24) is 0 Å². The van der Waals surface area contributed by atoms with Gasteiger partial charge in [0.05, 0.1) is 29.1 Å². The second-order valence-corrected chi connectivity index (χ2v) is 8.21. The SMILES string of the molecule is O=C(O)Cc1ccccc1OCCOc1ccc(N(c2ccc3ccccc3c2)S(=O)[O-])cc1. The zero-order valence-corrected chi connectivity index (χ0v) is 18.9. The predicted molar refractivity (Wildman–Crippen MR) is 130 cm³/mol. The molecule has 0 amide bonds. The van der Waals surface area contributed by atoms with Crippen molar-refractivity contribution in [2.24, 2.45) is 0 Å². The van der Waals surface area contributed by atoms with Gasteiger partial charge in [-0.05, 0) is 53.2 Å². The molecule has 0 fully saturated rings. The number of ether oxygens (including phenoxy) is 2. The Morgan fingerprint density at radius 3 is 2.21 bits per heavy atom. The molecule has 4 rings (SSSR count). The summed E-state index contributed by atoms with van der Waals surface area (Å²) < 4.78 is 36.6. The average Bonchev–Trinajstić information content (AvgIpc) is 2.83. The number of hydrogen-bond acceptors (Lipinski definition) is 5. The number of para-hydroxylation sites is 1. The van der Waals surface area contributed by atoms with Crippen molar-refractivity contribution in [2.75, 3.05) is 17.5 Å². The number of benzene rings is 4. The average molecular weight is 477 g/mol. The molecule has 0 radical (unpaired) electrons. The first kappa shape index (κ1) is 23.3. The van der Waals surface area contributed by atoms with E-state index < -0.39 is 17.2 Å². The van der Waals surface area contributed by atoms with Crippen LogP contribution in [0.25, 0.3) is 10.8 Å². The van der Waals surface area contributed by atoms with Crippen molar-refractivity contribution in [3.05, 3.63) is 96.6 Å². The highest BCUT2D eigenvalue weighted by atomic mass is 32.2. The molecule has 8 heteroatoms. The number of fused-ring (bicyclic) bond motifs is 1. The maximum Gasteiger partial charge on any atom is 0.307 e. The topological polar surface area (TPSA) is 99.1 Å². The van der Waals surface area contributed by atoms with Gasteiger partial charge in [0.1, 0.15) is 24.7 Å². The first-order valence-electron chi connectivity index (χ1n) is 10.5. The monoisotopic (exact) mass is 476 g/mol. The molecule has 0 aliphatic heterocycles.